The van der Waals surface area contributed by atoms with Crippen LogP contribution in [0, 0.1) is 10.1 Å². The predicted molar refractivity (Wildman–Crippen MR) is 81.0 cm³/mol. The highest BCUT2D eigenvalue weighted by Crippen LogP contribution is 2.17. The third-order valence-corrected chi connectivity index (χ3v) is 3.86. The van der Waals surface area contributed by atoms with Gasteiger partial charge in [-0.2, -0.15) is 10.2 Å². The lowest BCUT2D eigenvalue weighted by molar-refractivity contribution is -0.385. The van der Waals surface area contributed by atoms with Gasteiger partial charge in [0.05, 0.1) is 27.8 Å². The maximum atomic E-state index is 12.1. The molecule has 2 aromatic rings. The molecule has 10 heteroatoms. The summed E-state index contributed by atoms with van der Waals surface area (Å²) in [4.78, 5) is 22.2. The number of carbonyl (C=O) groups excluding carboxylic acids is 1. The van der Waals surface area contributed by atoms with Gasteiger partial charge in [0.1, 0.15) is 18.4 Å². The Morgan fingerprint density at radius 3 is 2.82 bits per heavy atom. The van der Waals surface area contributed by atoms with Gasteiger partial charge in [-0.1, -0.05) is 0 Å². The Morgan fingerprint density at radius 1 is 1.50 bits per heavy atom. The smallest absolute Gasteiger partial charge is 0.307 e. The molecular formula is C12H15BrN6O3. The fourth-order valence-electron chi connectivity index (χ4n) is 1.91. The van der Waals surface area contributed by atoms with Crippen LogP contribution in [0.2, 0.25) is 0 Å². The van der Waals surface area contributed by atoms with Gasteiger partial charge >= 0.3 is 5.69 Å². The van der Waals surface area contributed by atoms with Gasteiger partial charge in [0, 0.05) is 6.54 Å². The second-order valence-electron chi connectivity index (χ2n) is 4.58. The molecule has 1 atom stereocenters. The molecule has 118 valence electrons. The minimum atomic E-state index is -0.648. The first-order valence-corrected chi connectivity index (χ1v) is 7.39. The zero-order chi connectivity index (χ0) is 16.3. The summed E-state index contributed by atoms with van der Waals surface area (Å²) in [6.45, 7) is 4.58. The lowest BCUT2D eigenvalue weighted by Crippen LogP contribution is -2.31. The highest BCUT2D eigenvalue weighted by molar-refractivity contribution is 9.10. The molecule has 1 amide bonds. The van der Waals surface area contributed by atoms with E-state index >= 15 is 0 Å². The first-order valence-electron chi connectivity index (χ1n) is 6.60. The minimum absolute atomic E-state index is 0.147. The van der Waals surface area contributed by atoms with Crippen LogP contribution in [0.4, 0.5) is 5.69 Å². The van der Waals surface area contributed by atoms with E-state index in [0.717, 1.165) is 16.4 Å². The van der Waals surface area contributed by atoms with Gasteiger partial charge in [0.15, 0.2) is 0 Å². The molecule has 0 aromatic carbocycles. The number of nitrogens with zero attached hydrogens (tertiary/aromatic N) is 5. The topological polar surface area (TPSA) is 108 Å². The second-order valence-corrected chi connectivity index (χ2v) is 5.44. The first kappa shape index (κ1) is 16.1. The number of aromatic nitrogens is 4. The van der Waals surface area contributed by atoms with Crippen molar-refractivity contribution in [3.05, 3.63) is 38.9 Å². The van der Waals surface area contributed by atoms with Gasteiger partial charge in [-0.15, -0.1) is 0 Å². The van der Waals surface area contributed by atoms with Gasteiger partial charge in [0.25, 0.3) is 0 Å². The Labute approximate surface area is 134 Å². The summed E-state index contributed by atoms with van der Waals surface area (Å²) in [6.07, 6.45) is 4.02. The Hall–Kier alpha value is -2.23. The highest BCUT2D eigenvalue weighted by atomic mass is 79.9. The van der Waals surface area contributed by atoms with Crippen molar-refractivity contribution < 1.29 is 9.72 Å². The Balaban J connectivity index is 2.02. The van der Waals surface area contributed by atoms with Gasteiger partial charge in [0.2, 0.25) is 5.91 Å². The van der Waals surface area contributed by atoms with E-state index in [4.69, 9.17) is 0 Å². The summed E-state index contributed by atoms with van der Waals surface area (Å²) in [6, 6.07) is -0.648. The number of aryl methyl sites for hydroxylation is 1. The van der Waals surface area contributed by atoms with Crippen molar-refractivity contribution in [1.29, 1.82) is 0 Å². The van der Waals surface area contributed by atoms with Crippen molar-refractivity contribution in [3.8, 4) is 0 Å². The average Bonchev–Trinajstić information content (AvgIpc) is 3.11. The average molecular weight is 371 g/mol. The van der Waals surface area contributed by atoms with Crippen LogP contribution in [-0.4, -0.2) is 30.4 Å². The molecule has 0 aliphatic rings. The largest absolute Gasteiger partial charge is 0.349 e. The van der Waals surface area contributed by atoms with Crippen LogP contribution in [-0.2, 0) is 17.9 Å². The first-order chi connectivity index (χ1) is 10.4. The monoisotopic (exact) mass is 370 g/mol. The van der Waals surface area contributed by atoms with Crippen molar-refractivity contribution in [2.24, 2.45) is 0 Å². The van der Waals surface area contributed by atoms with Gasteiger partial charge in [-0.25, -0.2) is 0 Å². The third kappa shape index (κ3) is 3.32. The quantitative estimate of drug-likeness (QED) is 0.614. The zero-order valence-corrected chi connectivity index (χ0v) is 13.6. The summed E-state index contributed by atoms with van der Waals surface area (Å²) in [7, 11) is 0. The second kappa shape index (κ2) is 6.69. The van der Waals surface area contributed by atoms with Crippen LogP contribution >= 0.6 is 15.9 Å². The van der Waals surface area contributed by atoms with Crippen molar-refractivity contribution >= 4 is 27.5 Å². The molecule has 9 nitrogen and oxygen atoms in total. The number of hydrogen-bond acceptors (Lipinski definition) is 5. The fourth-order valence-corrected chi connectivity index (χ4v) is 2.35. The number of nitrogens with one attached hydrogen (secondary N) is 1. The molecular weight excluding hydrogens is 356 g/mol. The van der Waals surface area contributed by atoms with Crippen molar-refractivity contribution in [1.82, 2.24) is 24.9 Å². The standard InChI is InChI=1S/C12H15BrN6O3/c1-3-17-11(10(13)5-16-17)6-14-12(20)8(2)18-7-9(4-15-18)19(21)22/h4-5,7-8H,3,6H2,1-2H3,(H,14,20). The van der Waals surface area contributed by atoms with E-state index in [-0.39, 0.29) is 11.6 Å². The van der Waals surface area contributed by atoms with Crippen LogP contribution in [0.1, 0.15) is 25.6 Å². The third-order valence-electron chi connectivity index (χ3n) is 3.20. The minimum Gasteiger partial charge on any atom is -0.349 e. The van der Waals surface area contributed by atoms with Crippen molar-refractivity contribution in [3.63, 3.8) is 0 Å². The van der Waals surface area contributed by atoms with E-state index in [2.05, 4.69) is 31.4 Å². The Morgan fingerprint density at radius 2 is 2.23 bits per heavy atom. The molecule has 2 rings (SSSR count). The highest BCUT2D eigenvalue weighted by Gasteiger charge is 2.19. The molecule has 0 aliphatic heterocycles. The van der Waals surface area contributed by atoms with Crippen molar-refractivity contribution in [2.45, 2.75) is 33.0 Å². The fraction of sp³-hybridized carbons (Fsp3) is 0.417. The van der Waals surface area contributed by atoms with Gasteiger partial charge in [-0.05, 0) is 29.8 Å². The Kier molecular flexibility index (Phi) is 4.91. The molecule has 0 saturated carbocycles. The van der Waals surface area contributed by atoms with E-state index in [1.165, 1.54) is 10.9 Å². The lowest BCUT2D eigenvalue weighted by atomic mass is 10.3. The maximum absolute atomic E-state index is 12.1. The molecule has 2 heterocycles. The molecule has 0 spiro atoms. The van der Waals surface area contributed by atoms with E-state index < -0.39 is 11.0 Å². The van der Waals surface area contributed by atoms with Crippen LogP contribution in [0.5, 0.6) is 0 Å². The number of amides is 1. The molecule has 22 heavy (non-hydrogen) atoms. The lowest BCUT2D eigenvalue weighted by Gasteiger charge is -2.13. The predicted octanol–water partition coefficient (Wildman–Crippen LogP) is 1.65. The number of halogens is 1. The SMILES string of the molecule is CCn1ncc(Br)c1CNC(=O)C(C)n1cc([N+](=O)[O-])cn1. The number of rotatable bonds is 6. The molecule has 0 saturated heterocycles. The van der Waals surface area contributed by atoms with E-state index in [0.29, 0.717) is 13.1 Å². The van der Waals surface area contributed by atoms with Crippen LogP contribution in [0.25, 0.3) is 0 Å². The number of carbonyl (C=O) groups is 1. The van der Waals surface area contributed by atoms with E-state index in [1.807, 2.05) is 6.92 Å². The summed E-state index contributed by atoms with van der Waals surface area (Å²) in [5.74, 6) is -0.284. The molecule has 0 bridgehead atoms. The summed E-state index contributed by atoms with van der Waals surface area (Å²) >= 11 is 3.38. The van der Waals surface area contributed by atoms with Crippen LogP contribution < -0.4 is 5.32 Å². The summed E-state index contributed by atoms with van der Waals surface area (Å²) < 4.78 is 3.85. The molecule has 1 unspecified atom stereocenters. The molecule has 0 fully saturated rings. The van der Waals surface area contributed by atoms with Gasteiger partial charge < -0.3 is 5.32 Å². The number of hydrogen-bond donors (Lipinski definition) is 1. The molecule has 0 aliphatic carbocycles. The molecule has 0 radical (unpaired) electrons. The Bertz CT molecular complexity index is 695. The van der Waals surface area contributed by atoms with Crippen LogP contribution in [0.3, 0.4) is 0 Å². The normalized spacial score (nSPS) is 12.1. The zero-order valence-electron chi connectivity index (χ0n) is 12.1. The molecule has 2 aromatic heterocycles. The van der Waals surface area contributed by atoms with E-state index in [9.17, 15) is 14.9 Å². The van der Waals surface area contributed by atoms with Crippen molar-refractivity contribution in [2.75, 3.05) is 0 Å². The number of nitro groups is 1. The van der Waals surface area contributed by atoms with Crippen LogP contribution in [0.15, 0.2) is 23.1 Å². The summed E-state index contributed by atoms with van der Waals surface area (Å²) in [5.41, 5.74) is 0.709. The maximum Gasteiger partial charge on any atom is 0.307 e. The van der Waals surface area contributed by atoms with E-state index in [1.54, 1.807) is 17.8 Å². The molecule has 1 N–H and O–H groups in total. The van der Waals surface area contributed by atoms with Gasteiger partial charge in [-0.3, -0.25) is 24.3 Å². The summed E-state index contributed by atoms with van der Waals surface area (Å²) in [5, 5.41) is 21.4.